The highest BCUT2D eigenvalue weighted by molar-refractivity contribution is 7.88. The molecule has 0 aromatic heterocycles. The number of hydrogen-bond acceptors (Lipinski definition) is 5. The minimum absolute atomic E-state index is 0.122. The van der Waals surface area contributed by atoms with E-state index in [1.165, 1.54) is 11.9 Å². The highest BCUT2D eigenvalue weighted by Crippen LogP contribution is 2.17. The van der Waals surface area contributed by atoms with Gasteiger partial charge in [-0.2, -0.15) is 4.31 Å². The van der Waals surface area contributed by atoms with E-state index in [1.54, 1.807) is 24.3 Å². The molecule has 0 spiro atoms. The summed E-state index contributed by atoms with van der Waals surface area (Å²) in [6, 6.07) is 15.5. The van der Waals surface area contributed by atoms with Gasteiger partial charge in [-0.1, -0.05) is 54.1 Å². The molecule has 0 heterocycles. The molecule has 1 N–H and O–H groups in total. The maximum atomic E-state index is 13.4. The van der Waals surface area contributed by atoms with Gasteiger partial charge in [-0.05, 0) is 36.6 Å². The third-order valence-electron chi connectivity index (χ3n) is 5.43. The first-order valence-electron chi connectivity index (χ1n) is 11.5. The van der Waals surface area contributed by atoms with Crippen LogP contribution >= 0.6 is 11.6 Å². The van der Waals surface area contributed by atoms with Gasteiger partial charge in [-0.3, -0.25) is 9.59 Å². The molecule has 10 heteroatoms. The van der Waals surface area contributed by atoms with Crippen LogP contribution in [0.1, 0.15) is 24.5 Å². The third kappa shape index (κ3) is 9.97. The minimum Gasteiger partial charge on any atom is -0.382 e. The van der Waals surface area contributed by atoms with Gasteiger partial charge in [0.05, 0.1) is 12.8 Å². The fraction of sp³-hybridized carbons (Fsp3) is 0.440. The van der Waals surface area contributed by atoms with Crippen LogP contribution in [0.25, 0.3) is 0 Å². The number of nitrogens with one attached hydrogen (secondary N) is 1. The van der Waals surface area contributed by atoms with E-state index >= 15 is 0 Å². The second-order valence-corrected chi connectivity index (χ2v) is 10.7. The maximum absolute atomic E-state index is 13.4. The van der Waals surface area contributed by atoms with Crippen molar-refractivity contribution < 1.29 is 22.7 Å². The highest BCUT2D eigenvalue weighted by atomic mass is 35.5. The van der Waals surface area contributed by atoms with E-state index in [4.69, 9.17) is 16.3 Å². The first-order valence-corrected chi connectivity index (χ1v) is 13.7. The zero-order valence-corrected chi connectivity index (χ0v) is 22.0. The van der Waals surface area contributed by atoms with Crippen molar-refractivity contribution in [3.05, 3.63) is 70.7 Å². The molecule has 0 bridgehead atoms. The highest BCUT2D eigenvalue weighted by Gasteiger charge is 2.31. The fourth-order valence-corrected chi connectivity index (χ4v) is 3.86. The number of halogens is 1. The lowest BCUT2D eigenvalue weighted by Crippen LogP contribution is -2.53. The second-order valence-electron chi connectivity index (χ2n) is 8.21. The third-order valence-corrected chi connectivity index (χ3v) is 6.94. The van der Waals surface area contributed by atoms with Crippen LogP contribution in [0.4, 0.5) is 0 Å². The normalized spacial score (nSPS) is 12.4. The van der Waals surface area contributed by atoms with E-state index in [9.17, 15) is 18.0 Å². The maximum Gasteiger partial charge on any atom is 0.243 e. The number of amides is 2. The summed E-state index contributed by atoms with van der Waals surface area (Å²) in [7, 11) is -2.24. The lowest BCUT2D eigenvalue weighted by molar-refractivity contribution is -0.141. The molecule has 2 rings (SSSR count). The number of sulfonamides is 1. The monoisotopic (exact) mass is 523 g/mol. The Hall–Kier alpha value is -2.46. The van der Waals surface area contributed by atoms with Crippen LogP contribution in [0, 0.1) is 0 Å². The van der Waals surface area contributed by atoms with Crippen LogP contribution in [0.2, 0.25) is 5.02 Å². The molecule has 0 aliphatic rings. The molecule has 35 heavy (non-hydrogen) atoms. The zero-order chi connectivity index (χ0) is 25.8. The Morgan fingerprint density at radius 2 is 1.71 bits per heavy atom. The van der Waals surface area contributed by atoms with Crippen molar-refractivity contribution in [3.8, 4) is 0 Å². The first kappa shape index (κ1) is 28.8. The van der Waals surface area contributed by atoms with E-state index in [2.05, 4.69) is 5.32 Å². The van der Waals surface area contributed by atoms with Crippen molar-refractivity contribution in [1.82, 2.24) is 14.5 Å². The summed E-state index contributed by atoms with van der Waals surface area (Å²) in [4.78, 5) is 28.2. The van der Waals surface area contributed by atoms with E-state index in [0.29, 0.717) is 31.2 Å². The van der Waals surface area contributed by atoms with Gasteiger partial charge in [0.1, 0.15) is 6.04 Å². The molecule has 0 fully saturated rings. The number of carbonyl (C=O) groups is 2. The standard InChI is InChI=1S/C25H34ClN3O5S/c1-4-34-16-8-15-27-25(31)23(17-20-9-6-5-7-10-20)29(18-21-11-13-22(26)14-12-21)24(30)19-28(2)35(3,32)33/h5-7,9-14,23H,4,8,15-19H2,1-3H3,(H,27,31). The lowest BCUT2D eigenvalue weighted by Gasteiger charge is -2.32. The van der Waals surface area contributed by atoms with Crippen LogP contribution in [0.5, 0.6) is 0 Å². The number of likely N-dealkylation sites (N-methyl/N-ethyl adjacent to an activating group) is 1. The molecule has 2 aromatic rings. The van der Waals surface area contributed by atoms with Gasteiger partial charge >= 0.3 is 0 Å². The van der Waals surface area contributed by atoms with Crippen molar-refractivity contribution in [2.75, 3.05) is 39.6 Å². The van der Waals surface area contributed by atoms with Gasteiger partial charge < -0.3 is 15.0 Å². The summed E-state index contributed by atoms with van der Waals surface area (Å²) in [5.74, 6) is -0.784. The second kappa shape index (κ2) is 14.2. The number of hydrogen-bond donors (Lipinski definition) is 1. The van der Waals surface area contributed by atoms with E-state index in [-0.39, 0.29) is 25.4 Å². The summed E-state index contributed by atoms with van der Waals surface area (Å²) >= 11 is 6.02. The van der Waals surface area contributed by atoms with Crippen molar-refractivity contribution in [3.63, 3.8) is 0 Å². The number of carbonyl (C=O) groups excluding carboxylic acids is 2. The van der Waals surface area contributed by atoms with Gasteiger partial charge in [-0.25, -0.2) is 8.42 Å². The number of benzene rings is 2. The Balaban J connectivity index is 2.35. The van der Waals surface area contributed by atoms with Crippen LogP contribution in [0.3, 0.4) is 0 Å². The van der Waals surface area contributed by atoms with Gasteiger partial charge in [0.25, 0.3) is 0 Å². The Bertz CT molecular complexity index is 1050. The summed E-state index contributed by atoms with van der Waals surface area (Å²) in [6.07, 6.45) is 1.95. The molecule has 0 aliphatic heterocycles. The molecular formula is C25H34ClN3O5S. The molecule has 0 saturated carbocycles. The number of ether oxygens (including phenoxy) is 1. The van der Waals surface area contributed by atoms with Crippen molar-refractivity contribution in [1.29, 1.82) is 0 Å². The zero-order valence-electron chi connectivity index (χ0n) is 20.4. The molecule has 1 atom stereocenters. The lowest BCUT2D eigenvalue weighted by atomic mass is 10.0. The Morgan fingerprint density at radius 1 is 1.06 bits per heavy atom. The van der Waals surface area contributed by atoms with Gasteiger partial charge in [0.2, 0.25) is 21.8 Å². The van der Waals surface area contributed by atoms with Crippen LogP contribution in [0.15, 0.2) is 54.6 Å². The van der Waals surface area contributed by atoms with E-state index in [0.717, 1.165) is 21.7 Å². The average Bonchev–Trinajstić information content (AvgIpc) is 2.82. The summed E-state index contributed by atoms with van der Waals surface area (Å²) < 4.78 is 30.2. The molecule has 192 valence electrons. The molecule has 2 aromatic carbocycles. The Kier molecular flexibility index (Phi) is 11.7. The predicted molar refractivity (Wildman–Crippen MR) is 138 cm³/mol. The van der Waals surface area contributed by atoms with Crippen LogP contribution < -0.4 is 5.32 Å². The van der Waals surface area contributed by atoms with E-state index < -0.39 is 22.0 Å². The summed E-state index contributed by atoms with van der Waals surface area (Å²) in [5.41, 5.74) is 1.65. The van der Waals surface area contributed by atoms with Crippen molar-refractivity contribution in [2.24, 2.45) is 0 Å². The molecular weight excluding hydrogens is 490 g/mol. The SMILES string of the molecule is CCOCCCNC(=O)C(Cc1ccccc1)N(Cc1ccc(Cl)cc1)C(=O)CN(C)S(C)(=O)=O. The fourth-order valence-electron chi connectivity index (χ4n) is 3.39. The van der Waals surface area contributed by atoms with Crippen LogP contribution in [-0.2, 0) is 37.3 Å². The number of nitrogens with zero attached hydrogens (tertiary/aromatic N) is 2. The van der Waals surface area contributed by atoms with Gasteiger partial charge in [0.15, 0.2) is 0 Å². The topological polar surface area (TPSA) is 96.0 Å². The molecule has 0 radical (unpaired) electrons. The quantitative estimate of drug-likeness (QED) is 0.384. The van der Waals surface area contributed by atoms with Crippen molar-refractivity contribution in [2.45, 2.75) is 32.4 Å². The van der Waals surface area contributed by atoms with Crippen LogP contribution in [-0.4, -0.2) is 75.1 Å². The van der Waals surface area contributed by atoms with E-state index in [1.807, 2.05) is 37.3 Å². The smallest absolute Gasteiger partial charge is 0.243 e. The number of rotatable bonds is 14. The Morgan fingerprint density at radius 3 is 2.31 bits per heavy atom. The Labute approximate surface area is 213 Å². The molecule has 0 aliphatic carbocycles. The average molecular weight is 524 g/mol. The molecule has 8 nitrogen and oxygen atoms in total. The van der Waals surface area contributed by atoms with Gasteiger partial charge in [-0.15, -0.1) is 0 Å². The predicted octanol–water partition coefficient (Wildman–Crippen LogP) is 2.71. The van der Waals surface area contributed by atoms with Crippen molar-refractivity contribution >= 4 is 33.4 Å². The minimum atomic E-state index is -3.58. The summed E-state index contributed by atoms with van der Waals surface area (Å²) in [5, 5.41) is 3.46. The summed E-state index contributed by atoms with van der Waals surface area (Å²) in [6.45, 7) is 3.17. The molecule has 1 unspecified atom stereocenters. The first-order chi connectivity index (χ1) is 16.6. The molecule has 0 saturated heterocycles. The molecule has 2 amide bonds. The largest absolute Gasteiger partial charge is 0.382 e. The van der Waals surface area contributed by atoms with Gasteiger partial charge in [0, 0.05) is 44.8 Å².